The molecule has 0 aromatic rings. The third-order valence-electron chi connectivity index (χ3n) is 4.30. The number of ether oxygens (including phenoxy) is 2. The molecule has 1 aliphatic heterocycles. The molecule has 1 saturated carbocycles. The quantitative estimate of drug-likeness (QED) is 0.652. The van der Waals surface area contributed by atoms with E-state index in [1.54, 1.807) is 0 Å². The van der Waals surface area contributed by atoms with Crippen molar-refractivity contribution < 1.29 is 14.3 Å². The van der Waals surface area contributed by atoms with E-state index in [2.05, 4.69) is 17.3 Å². The molecule has 0 aromatic carbocycles. The lowest BCUT2D eigenvalue weighted by Gasteiger charge is -2.28. The summed E-state index contributed by atoms with van der Waals surface area (Å²) in [5.41, 5.74) is 0. The number of rotatable bonds is 9. The van der Waals surface area contributed by atoms with Crippen LogP contribution in [0.3, 0.4) is 0 Å². The molecule has 2 aliphatic rings. The molecule has 2 fully saturated rings. The average Bonchev–Trinajstić information content (AvgIpc) is 3.28. The highest BCUT2D eigenvalue weighted by molar-refractivity contribution is 5.75. The Labute approximate surface area is 128 Å². The molecular weight excluding hydrogens is 268 g/mol. The molecule has 0 spiro atoms. The van der Waals surface area contributed by atoms with Gasteiger partial charge in [0.25, 0.3) is 0 Å². The fourth-order valence-electron chi connectivity index (χ4n) is 2.86. The molecule has 122 valence electrons. The third kappa shape index (κ3) is 6.32. The van der Waals surface area contributed by atoms with Gasteiger partial charge in [0.1, 0.15) is 6.04 Å². The lowest BCUT2D eigenvalue weighted by molar-refractivity contribution is -0.146. The van der Waals surface area contributed by atoms with Gasteiger partial charge < -0.3 is 19.7 Å². The monoisotopic (exact) mass is 298 g/mol. The lowest BCUT2D eigenvalue weighted by Crippen LogP contribution is -2.42. The molecule has 1 saturated heterocycles. The summed E-state index contributed by atoms with van der Waals surface area (Å²) in [5, 5.41) is 3.41. The van der Waals surface area contributed by atoms with Crippen molar-refractivity contribution >= 4 is 5.97 Å². The number of esters is 1. The van der Waals surface area contributed by atoms with Gasteiger partial charge >= 0.3 is 5.97 Å². The van der Waals surface area contributed by atoms with Crippen molar-refractivity contribution in [3.8, 4) is 0 Å². The fourth-order valence-corrected chi connectivity index (χ4v) is 2.86. The molecule has 1 N–H and O–H groups in total. The maximum atomic E-state index is 12.0. The van der Waals surface area contributed by atoms with Crippen LogP contribution in [0, 0.1) is 5.92 Å². The van der Waals surface area contributed by atoms with Crippen LogP contribution in [0.1, 0.15) is 39.0 Å². The van der Waals surface area contributed by atoms with Gasteiger partial charge in [0, 0.05) is 25.8 Å². The topological polar surface area (TPSA) is 50.8 Å². The SMILES string of the molecule is CCOC(=O)C(CCN(C)CC1CCOCC1)NC1CC1. The van der Waals surface area contributed by atoms with E-state index in [1.165, 1.54) is 12.8 Å². The molecule has 0 amide bonds. The molecule has 1 unspecified atom stereocenters. The summed E-state index contributed by atoms with van der Waals surface area (Å²) in [6.45, 7) is 6.15. The predicted molar refractivity (Wildman–Crippen MR) is 82.2 cm³/mol. The van der Waals surface area contributed by atoms with Crippen LogP contribution in [-0.2, 0) is 14.3 Å². The van der Waals surface area contributed by atoms with Crippen molar-refractivity contribution in [1.82, 2.24) is 10.2 Å². The highest BCUT2D eigenvalue weighted by Gasteiger charge is 2.29. The Morgan fingerprint density at radius 3 is 2.67 bits per heavy atom. The zero-order chi connectivity index (χ0) is 15.1. The van der Waals surface area contributed by atoms with E-state index in [9.17, 15) is 4.79 Å². The van der Waals surface area contributed by atoms with Crippen LogP contribution in [0.15, 0.2) is 0 Å². The smallest absolute Gasteiger partial charge is 0.323 e. The number of carbonyl (C=O) groups excluding carboxylic acids is 1. The van der Waals surface area contributed by atoms with Crippen LogP contribution >= 0.6 is 0 Å². The Morgan fingerprint density at radius 2 is 2.05 bits per heavy atom. The molecule has 0 aromatic heterocycles. The van der Waals surface area contributed by atoms with E-state index in [4.69, 9.17) is 9.47 Å². The Hall–Kier alpha value is -0.650. The van der Waals surface area contributed by atoms with E-state index in [0.717, 1.165) is 51.5 Å². The van der Waals surface area contributed by atoms with Crippen molar-refractivity contribution in [2.75, 3.05) is 40.0 Å². The molecule has 0 bridgehead atoms. The van der Waals surface area contributed by atoms with Gasteiger partial charge in [-0.25, -0.2) is 0 Å². The fraction of sp³-hybridized carbons (Fsp3) is 0.938. The van der Waals surface area contributed by atoms with Crippen LogP contribution < -0.4 is 5.32 Å². The van der Waals surface area contributed by atoms with Crippen LogP contribution in [0.25, 0.3) is 0 Å². The Morgan fingerprint density at radius 1 is 1.33 bits per heavy atom. The maximum absolute atomic E-state index is 12.0. The first kappa shape index (κ1) is 16.7. The van der Waals surface area contributed by atoms with Crippen LogP contribution in [0.4, 0.5) is 0 Å². The third-order valence-corrected chi connectivity index (χ3v) is 4.30. The number of hydrogen-bond donors (Lipinski definition) is 1. The van der Waals surface area contributed by atoms with Crippen molar-refractivity contribution in [3.63, 3.8) is 0 Å². The van der Waals surface area contributed by atoms with Gasteiger partial charge in [0.15, 0.2) is 0 Å². The second-order valence-corrected chi connectivity index (χ2v) is 6.35. The Bertz CT molecular complexity index is 315. The Balaban J connectivity index is 1.69. The lowest BCUT2D eigenvalue weighted by atomic mass is 10.00. The molecule has 5 heteroatoms. The summed E-state index contributed by atoms with van der Waals surface area (Å²) in [6, 6.07) is 0.384. The zero-order valence-corrected chi connectivity index (χ0v) is 13.5. The standard InChI is InChI=1S/C16H30N2O3/c1-3-21-16(19)15(17-14-4-5-14)6-9-18(2)12-13-7-10-20-11-8-13/h13-15,17H,3-12H2,1-2H3. The van der Waals surface area contributed by atoms with Crippen molar-refractivity contribution in [2.24, 2.45) is 5.92 Å². The molecule has 1 aliphatic carbocycles. The summed E-state index contributed by atoms with van der Waals surface area (Å²) in [5.74, 6) is 0.644. The van der Waals surface area contributed by atoms with Crippen molar-refractivity contribution in [3.05, 3.63) is 0 Å². The normalized spacial score (nSPS) is 21.5. The highest BCUT2D eigenvalue weighted by atomic mass is 16.5. The van der Waals surface area contributed by atoms with Gasteiger partial charge in [-0.15, -0.1) is 0 Å². The Kier molecular flexibility index (Phi) is 6.93. The minimum absolute atomic E-state index is 0.0936. The second kappa shape index (κ2) is 8.71. The molecule has 2 rings (SSSR count). The molecule has 21 heavy (non-hydrogen) atoms. The summed E-state index contributed by atoms with van der Waals surface area (Å²) in [6.07, 6.45) is 5.52. The van der Waals surface area contributed by atoms with E-state index in [0.29, 0.717) is 12.6 Å². The molecule has 5 nitrogen and oxygen atoms in total. The average molecular weight is 298 g/mol. The molecule has 0 radical (unpaired) electrons. The number of carbonyl (C=O) groups is 1. The summed E-state index contributed by atoms with van der Waals surface area (Å²) in [4.78, 5) is 14.3. The predicted octanol–water partition coefficient (Wildman–Crippen LogP) is 1.42. The molecule has 1 atom stereocenters. The number of nitrogens with one attached hydrogen (secondary N) is 1. The van der Waals surface area contributed by atoms with Gasteiger partial charge in [-0.3, -0.25) is 4.79 Å². The van der Waals surface area contributed by atoms with E-state index in [-0.39, 0.29) is 12.0 Å². The van der Waals surface area contributed by atoms with Crippen LogP contribution in [0.2, 0.25) is 0 Å². The van der Waals surface area contributed by atoms with Gasteiger partial charge in [-0.05, 0) is 58.5 Å². The van der Waals surface area contributed by atoms with Gasteiger partial charge in [0.05, 0.1) is 6.61 Å². The van der Waals surface area contributed by atoms with Gasteiger partial charge in [-0.2, -0.15) is 0 Å². The second-order valence-electron chi connectivity index (χ2n) is 6.35. The first-order valence-corrected chi connectivity index (χ1v) is 8.38. The largest absolute Gasteiger partial charge is 0.465 e. The number of hydrogen-bond acceptors (Lipinski definition) is 5. The van der Waals surface area contributed by atoms with E-state index in [1.807, 2.05) is 6.92 Å². The van der Waals surface area contributed by atoms with Crippen LogP contribution in [0.5, 0.6) is 0 Å². The zero-order valence-electron chi connectivity index (χ0n) is 13.5. The first-order valence-electron chi connectivity index (χ1n) is 8.38. The van der Waals surface area contributed by atoms with Crippen molar-refractivity contribution in [2.45, 2.75) is 51.1 Å². The van der Waals surface area contributed by atoms with E-state index < -0.39 is 0 Å². The summed E-state index contributed by atoms with van der Waals surface area (Å²) in [7, 11) is 2.15. The first-order chi connectivity index (χ1) is 10.2. The van der Waals surface area contributed by atoms with E-state index >= 15 is 0 Å². The van der Waals surface area contributed by atoms with Gasteiger partial charge in [-0.1, -0.05) is 0 Å². The minimum atomic E-state index is -0.144. The summed E-state index contributed by atoms with van der Waals surface area (Å²) >= 11 is 0. The maximum Gasteiger partial charge on any atom is 0.323 e. The molecule has 1 heterocycles. The summed E-state index contributed by atoms with van der Waals surface area (Å²) < 4.78 is 10.6. The number of nitrogens with zero attached hydrogens (tertiary/aromatic N) is 1. The highest BCUT2D eigenvalue weighted by Crippen LogP contribution is 2.20. The van der Waals surface area contributed by atoms with Crippen molar-refractivity contribution in [1.29, 1.82) is 0 Å². The molecular formula is C16H30N2O3. The van der Waals surface area contributed by atoms with Gasteiger partial charge in [0.2, 0.25) is 0 Å². The van der Waals surface area contributed by atoms with Crippen LogP contribution in [-0.4, -0.2) is 62.9 Å². The minimum Gasteiger partial charge on any atom is -0.465 e.